The summed E-state index contributed by atoms with van der Waals surface area (Å²) >= 11 is 5.00. The van der Waals surface area contributed by atoms with E-state index in [2.05, 4.69) is 15.9 Å². The Morgan fingerprint density at radius 1 is 1.67 bits per heavy atom. The Morgan fingerprint density at radius 3 is 2.75 bits per heavy atom. The van der Waals surface area contributed by atoms with Gasteiger partial charge in [0.05, 0.1) is 0 Å². The molecule has 12 heavy (non-hydrogen) atoms. The number of rotatable bonds is 3. The molecule has 1 atom stereocenters. The van der Waals surface area contributed by atoms with E-state index in [9.17, 15) is 0 Å². The zero-order valence-corrected chi connectivity index (χ0v) is 9.58. The first kappa shape index (κ1) is 12.4. The van der Waals surface area contributed by atoms with Gasteiger partial charge in [-0.1, -0.05) is 0 Å². The van der Waals surface area contributed by atoms with Gasteiger partial charge in [-0.3, -0.25) is 0 Å². The molecule has 2 nitrogen and oxygen atoms in total. The molecule has 0 aromatic carbocycles. The normalized spacial score (nSPS) is 12.2. The third-order valence-electron chi connectivity index (χ3n) is 1.42. The summed E-state index contributed by atoms with van der Waals surface area (Å²) in [5, 5.41) is 10.6. The zero-order chi connectivity index (χ0) is 8.27. The van der Waals surface area contributed by atoms with Crippen molar-refractivity contribution in [3.05, 3.63) is 20.8 Å². The quantitative estimate of drug-likeness (QED) is 0.887. The van der Waals surface area contributed by atoms with E-state index in [1.54, 1.807) is 11.3 Å². The van der Waals surface area contributed by atoms with Gasteiger partial charge in [0.1, 0.15) is 0 Å². The molecule has 0 saturated carbocycles. The predicted molar refractivity (Wildman–Crippen MR) is 57.9 cm³/mol. The van der Waals surface area contributed by atoms with Gasteiger partial charge in [-0.15, -0.1) is 23.7 Å². The maximum absolute atomic E-state index is 8.64. The molecule has 70 valence electrons. The molecule has 0 aliphatic heterocycles. The van der Waals surface area contributed by atoms with Crippen LogP contribution in [0.2, 0.25) is 0 Å². The van der Waals surface area contributed by atoms with Crippen LogP contribution in [0.4, 0.5) is 0 Å². The molecule has 0 radical (unpaired) electrons. The Kier molecular flexibility index (Phi) is 6.13. The van der Waals surface area contributed by atoms with E-state index < -0.39 is 0 Å². The SMILES string of the molecule is Cl.N[C@@H](CCO)c1sccc1Br. The lowest BCUT2D eigenvalue weighted by Gasteiger charge is -2.07. The molecule has 0 amide bonds. The second-order valence-corrected chi connectivity index (χ2v) is 4.05. The lowest BCUT2D eigenvalue weighted by Crippen LogP contribution is -2.10. The summed E-state index contributed by atoms with van der Waals surface area (Å²) in [4.78, 5) is 1.11. The molecule has 1 heterocycles. The van der Waals surface area contributed by atoms with E-state index >= 15 is 0 Å². The number of thiophene rings is 1. The smallest absolute Gasteiger partial charge is 0.0449 e. The highest BCUT2D eigenvalue weighted by atomic mass is 79.9. The Morgan fingerprint density at radius 2 is 2.33 bits per heavy atom. The van der Waals surface area contributed by atoms with Crippen LogP contribution >= 0.6 is 39.7 Å². The van der Waals surface area contributed by atoms with Crippen LogP contribution in [0.15, 0.2) is 15.9 Å². The molecule has 0 aliphatic carbocycles. The van der Waals surface area contributed by atoms with Gasteiger partial charge in [0, 0.05) is 22.0 Å². The summed E-state index contributed by atoms with van der Waals surface area (Å²) in [7, 11) is 0. The van der Waals surface area contributed by atoms with Crippen molar-refractivity contribution in [3.8, 4) is 0 Å². The molecule has 0 fully saturated rings. The van der Waals surface area contributed by atoms with E-state index in [1.807, 2.05) is 11.4 Å². The Hall–Kier alpha value is 0.390. The van der Waals surface area contributed by atoms with E-state index in [-0.39, 0.29) is 25.1 Å². The summed E-state index contributed by atoms with van der Waals surface area (Å²) in [5.74, 6) is 0. The number of nitrogens with two attached hydrogens (primary N) is 1. The van der Waals surface area contributed by atoms with Gasteiger partial charge in [-0.05, 0) is 33.8 Å². The number of halogens is 2. The van der Waals surface area contributed by atoms with Crippen molar-refractivity contribution in [1.82, 2.24) is 0 Å². The van der Waals surface area contributed by atoms with Crippen molar-refractivity contribution in [2.45, 2.75) is 12.5 Å². The van der Waals surface area contributed by atoms with E-state index in [0.29, 0.717) is 6.42 Å². The Balaban J connectivity index is 0.00000121. The van der Waals surface area contributed by atoms with Crippen molar-refractivity contribution in [1.29, 1.82) is 0 Å². The highest BCUT2D eigenvalue weighted by Crippen LogP contribution is 2.28. The maximum atomic E-state index is 8.64. The number of aliphatic hydroxyl groups excluding tert-OH is 1. The minimum atomic E-state index is -0.0330. The number of hydrogen-bond donors (Lipinski definition) is 2. The summed E-state index contributed by atoms with van der Waals surface area (Å²) in [6, 6.07) is 1.94. The first-order valence-corrected chi connectivity index (χ1v) is 5.02. The first-order chi connectivity index (χ1) is 5.25. The van der Waals surface area contributed by atoms with Gasteiger partial charge in [0.2, 0.25) is 0 Å². The highest BCUT2D eigenvalue weighted by molar-refractivity contribution is 9.10. The van der Waals surface area contributed by atoms with Crippen molar-refractivity contribution < 1.29 is 5.11 Å². The van der Waals surface area contributed by atoms with Gasteiger partial charge in [0.25, 0.3) is 0 Å². The van der Waals surface area contributed by atoms with E-state index in [0.717, 1.165) is 9.35 Å². The molecule has 0 aliphatic rings. The van der Waals surface area contributed by atoms with E-state index in [4.69, 9.17) is 10.8 Å². The first-order valence-electron chi connectivity index (χ1n) is 3.35. The number of aliphatic hydroxyl groups is 1. The summed E-state index contributed by atoms with van der Waals surface area (Å²) in [6.45, 7) is 0.144. The van der Waals surface area contributed by atoms with Crippen LogP contribution in [0.5, 0.6) is 0 Å². The highest BCUT2D eigenvalue weighted by Gasteiger charge is 2.09. The molecule has 0 bridgehead atoms. The lowest BCUT2D eigenvalue weighted by molar-refractivity contribution is 0.277. The van der Waals surface area contributed by atoms with Crippen LogP contribution in [-0.4, -0.2) is 11.7 Å². The second kappa shape index (κ2) is 5.94. The Labute approximate surface area is 90.3 Å². The average molecular weight is 273 g/mol. The average Bonchev–Trinajstić information content (AvgIpc) is 2.36. The summed E-state index contributed by atoms with van der Waals surface area (Å²) < 4.78 is 1.04. The van der Waals surface area contributed by atoms with Crippen LogP contribution in [0.1, 0.15) is 17.3 Å². The van der Waals surface area contributed by atoms with Crippen molar-refractivity contribution in [3.63, 3.8) is 0 Å². The fourth-order valence-electron chi connectivity index (χ4n) is 0.840. The van der Waals surface area contributed by atoms with E-state index in [1.165, 1.54) is 0 Å². The minimum Gasteiger partial charge on any atom is -0.396 e. The molecule has 1 aromatic rings. The summed E-state index contributed by atoms with van der Waals surface area (Å²) in [5.41, 5.74) is 5.77. The van der Waals surface area contributed by atoms with Gasteiger partial charge in [-0.25, -0.2) is 0 Å². The third kappa shape index (κ3) is 3.03. The van der Waals surface area contributed by atoms with Crippen LogP contribution < -0.4 is 5.73 Å². The van der Waals surface area contributed by atoms with Crippen molar-refractivity contribution >= 4 is 39.7 Å². The molecule has 0 saturated heterocycles. The lowest BCUT2D eigenvalue weighted by atomic mass is 10.2. The monoisotopic (exact) mass is 271 g/mol. The molecule has 1 rings (SSSR count). The largest absolute Gasteiger partial charge is 0.396 e. The van der Waals surface area contributed by atoms with Gasteiger partial charge >= 0.3 is 0 Å². The van der Waals surface area contributed by atoms with Crippen molar-refractivity contribution in [2.24, 2.45) is 5.73 Å². The van der Waals surface area contributed by atoms with Crippen LogP contribution in [0.3, 0.4) is 0 Å². The van der Waals surface area contributed by atoms with Crippen LogP contribution in [0, 0.1) is 0 Å². The standard InChI is InChI=1S/C7H10BrNOS.ClH/c8-5-2-4-11-7(5)6(9)1-3-10;/h2,4,6,10H,1,3,9H2;1H/t6-;/m0./s1. The predicted octanol–water partition coefficient (Wildman–Crippen LogP) is 2.31. The van der Waals surface area contributed by atoms with Crippen molar-refractivity contribution in [2.75, 3.05) is 6.61 Å². The molecule has 5 heteroatoms. The molecule has 1 aromatic heterocycles. The van der Waals surface area contributed by atoms with Gasteiger partial charge in [0.15, 0.2) is 0 Å². The molecular formula is C7H11BrClNOS. The van der Waals surface area contributed by atoms with Crippen LogP contribution in [0.25, 0.3) is 0 Å². The molecular weight excluding hydrogens is 262 g/mol. The molecule has 3 N–H and O–H groups in total. The van der Waals surface area contributed by atoms with Crippen LogP contribution in [-0.2, 0) is 0 Å². The fourth-order valence-corrected chi connectivity index (χ4v) is 2.55. The molecule has 0 unspecified atom stereocenters. The topological polar surface area (TPSA) is 46.2 Å². The molecule has 0 spiro atoms. The minimum absolute atomic E-state index is 0. The fraction of sp³-hybridized carbons (Fsp3) is 0.429. The summed E-state index contributed by atoms with van der Waals surface area (Å²) in [6.07, 6.45) is 0.624. The Bertz CT molecular complexity index is 231. The third-order valence-corrected chi connectivity index (χ3v) is 3.42. The zero-order valence-electron chi connectivity index (χ0n) is 6.37. The second-order valence-electron chi connectivity index (χ2n) is 2.25. The maximum Gasteiger partial charge on any atom is 0.0449 e. The van der Waals surface area contributed by atoms with Gasteiger partial charge < -0.3 is 10.8 Å². The number of hydrogen-bond acceptors (Lipinski definition) is 3. The van der Waals surface area contributed by atoms with Gasteiger partial charge in [-0.2, -0.15) is 0 Å².